The zero-order chi connectivity index (χ0) is 12.5. The zero-order valence-corrected chi connectivity index (χ0v) is 9.68. The lowest BCUT2D eigenvalue weighted by Gasteiger charge is -2.08. The lowest BCUT2D eigenvalue weighted by atomic mass is 10.1. The zero-order valence-electron chi connectivity index (χ0n) is 8.87. The molecule has 0 aromatic heterocycles. The second-order valence-electron chi connectivity index (χ2n) is 3.60. The predicted octanol–water partition coefficient (Wildman–Crippen LogP) is 2.18. The van der Waals surface area contributed by atoms with E-state index < -0.39 is 10.1 Å². The Morgan fingerprint density at radius 1 is 1.00 bits per heavy atom. The average Bonchev–Trinajstić information content (AvgIpc) is 2.29. The Bertz CT molecular complexity index is 636. The summed E-state index contributed by atoms with van der Waals surface area (Å²) < 4.78 is 31.7. The van der Waals surface area contributed by atoms with Crippen molar-refractivity contribution in [2.75, 3.05) is 5.73 Å². The van der Waals surface area contributed by atoms with Crippen molar-refractivity contribution in [1.82, 2.24) is 0 Å². The van der Waals surface area contributed by atoms with Crippen molar-refractivity contribution >= 4 is 15.8 Å². The van der Waals surface area contributed by atoms with Crippen LogP contribution in [-0.4, -0.2) is 13.0 Å². The molecule has 0 radical (unpaired) electrons. The Labute approximate surface area is 99.5 Å². The van der Waals surface area contributed by atoms with E-state index in [4.69, 9.17) is 5.73 Å². The Hall–Kier alpha value is -1.85. The van der Waals surface area contributed by atoms with Gasteiger partial charge in [-0.3, -0.25) is 4.55 Å². The van der Waals surface area contributed by atoms with E-state index in [0.29, 0.717) is 11.1 Å². The first-order chi connectivity index (χ1) is 7.98. The maximum absolute atomic E-state index is 11.3. The molecule has 0 saturated heterocycles. The van der Waals surface area contributed by atoms with Crippen LogP contribution in [-0.2, 0) is 10.1 Å². The first kappa shape index (κ1) is 11.6. The van der Waals surface area contributed by atoms with Crippen molar-refractivity contribution in [2.24, 2.45) is 0 Å². The molecule has 0 bridgehead atoms. The standard InChI is InChI=1S/C12H11NO3S/c13-10-6-7-11(9-4-2-1-3-5-9)12(8-10)17(14,15)16/h1-8H,13H2,(H,14,15,16). The van der Waals surface area contributed by atoms with Gasteiger partial charge in [0.2, 0.25) is 0 Å². The smallest absolute Gasteiger partial charge is 0.295 e. The van der Waals surface area contributed by atoms with Crippen molar-refractivity contribution < 1.29 is 13.0 Å². The fraction of sp³-hybridized carbons (Fsp3) is 0. The first-order valence-corrected chi connectivity index (χ1v) is 6.35. The quantitative estimate of drug-likeness (QED) is 0.631. The largest absolute Gasteiger partial charge is 0.399 e. The van der Waals surface area contributed by atoms with Crippen LogP contribution in [0.25, 0.3) is 11.1 Å². The monoisotopic (exact) mass is 249 g/mol. The molecule has 0 atom stereocenters. The lowest BCUT2D eigenvalue weighted by molar-refractivity contribution is 0.483. The molecular formula is C12H11NO3S. The second kappa shape index (κ2) is 4.20. The summed E-state index contributed by atoms with van der Waals surface area (Å²) in [4.78, 5) is -0.177. The van der Waals surface area contributed by atoms with Crippen LogP contribution in [0, 0.1) is 0 Å². The molecule has 0 spiro atoms. The number of nitrogen functional groups attached to an aromatic ring is 1. The Morgan fingerprint density at radius 2 is 1.65 bits per heavy atom. The molecule has 0 aliphatic heterocycles. The molecule has 0 amide bonds. The molecule has 0 aliphatic rings. The Kier molecular flexibility index (Phi) is 2.87. The van der Waals surface area contributed by atoms with Gasteiger partial charge >= 0.3 is 0 Å². The minimum absolute atomic E-state index is 0.177. The van der Waals surface area contributed by atoms with Gasteiger partial charge in [0.15, 0.2) is 0 Å². The van der Waals surface area contributed by atoms with Crippen LogP contribution in [0.15, 0.2) is 53.4 Å². The van der Waals surface area contributed by atoms with E-state index in [1.807, 2.05) is 6.07 Å². The van der Waals surface area contributed by atoms with E-state index >= 15 is 0 Å². The molecule has 0 heterocycles. The van der Waals surface area contributed by atoms with Gasteiger partial charge in [-0.2, -0.15) is 8.42 Å². The van der Waals surface area contributed by atoms with Crippen molar-refractivity contribution in [3.63, 3.8) is 0 Å². The fourth-order valence-electron chi connectivity index (χ4n) is 1.61. The summed E-state index contributed by atoms with van der Waals surface area (Å²) in [6, 6.07) is 13.4. The van der Waals surface area contributed by atoms with Gasteiger partial charge in [0, 0.05) is 11.3 Å². The van der Waals surface area contributed by atoms with Gasteiger partial charge in [-0.05, 0) is 17.7 Å². The summed E-state index contributed by atoms with van der Waals surface area (Å²) in [6.45, 7) is 0. The molecule has 4 nitrogen and oxygen atoms in total. The highest BCUT2D eigenvalue weighted by Gasteiger charge is 2.16. The number of hydrogen-bond acceptors (Lipinski definition) is 3. The molecule has 2 aromatic carbocycles. The van der Waals surface area contributed by atoms with Crippen molar-refractivity contribution in [1.29, 1.82) is 0 Å². The van der Waals surface area contributed by atoms with Gasteiger partial charge in [-0.1, -0.05) is 36.4 Å². The molecular weight excluding hydrogens is 238 g/mol. The van der Waals surface area contributed by atoms with Gasteiger partial charge in [0.1, 0.15) is 4.90 Å². The van der Waals surface area contributed by atoms with E-state index in [9.17, 15) is 13.0 Å². The van der Waals surface area contributed by atoms with E-state index in [-0.39, 0.29) is 10.6 Å². The molecule has 3 N–H and O–H groups in total. The van der Waals surface area contributed by atoms with E-state index in [1.54, 1.807) is 36.4 Å². The van der Waals surface area contributed by atoms with Crippen LogP contribution in [0.4, 0.5) is 5.69 Å². The molecule has 0 fully saturated rings. The van der Waals surface area contributed by atoms with Crippen LogP contribution < -0.4 is 5.73 Å². The highest BCUT2D eigenvalue weighted by atomic mass is 32.2. The average molecular weight is 249 g/mol. The molecule has 0 saturated carbocycles. The lowest BCUT2D eigenvalue weighted by Crippen LogP contribution is -2.02. The van der Waals surface area contributed by atoms with Crippen LogP contribution in [0.1, 0.15) is 0 Å². The maximum atomic E-state index is 11.3. The normalized spacial score (nSPS) is 11.4. The number of benzene rings is 2. The van der Waals surface area contributed by atoms with Gasteiger partial charge in [-0.15, -0.1) is 0 Å². The van der Waals surface area contributed by atoms with Crippen molar-refractivity contribution in [3.05, 3.63) is 48.5 Å². The second-order valence-corrected chi connectivity index (χ2v) is 4.99. The summed E-state index contributed by atoms with van der Waals surface area (Å²) in [7, 11) is -4.28. The summed E-state index contributed by atoms with van der Waals surface area (Å²) in [5.74, 6) is 0. The topological polar surface area (TPSA) is 80.4 Å². The van der Waals surface area contributed by atoms with Gasteiger partial charge in [-0.25, -0.2) is 0 Å². The predicted molar refractivity (Wildman–Crippen MR) is 66.1 cm³/mol. The molecule has 2 aromatic rings. The molecule has 2 rings (SSSR count). The minimum atomic E-state index is -4.28. The SMILES string of the molecule is Nc1ccc(-c2ccccc2)c(S(=O)(=O)O)c1. The fourth-order valence-corrected chi connectivity index (χ4v) is 2.36. The summed E-state index contributed by atoms with van der Waals surface area (Å²) in [5, 5.41) is 0. The highest BCUT2D eigenvalue weighted by molar-refractivity contribution is 7.86. The first-order valence-electron chi connectivity index (χ1n) is 4.91. The summed E-state index contributed by atoms with van der Waals surface area (Å²) >= 11 is 0. The molecule has 17 heavy (non-hydrogen) atoms. The third-order valence-corrected chi connectivity index (χ3v) is 3.26. The van der Waals surface area contributed by atoms with Gasteiger partial charge in [0.05, 0.1) is 0 Å². The molecule has 0 unspecified atom stereocenters. The molecule has 0 aliphatic carbocycles. The van der Waals surface area contributed by atoms with Crippen molar-refractivity contribution in [3.8, 4) is 11.1 Å². The van der Waals surface area contributed by atoms with Crippen LogP contribution in [0.3, 0.4) is 0 Å². The summed E-state index contributed by atoms with van der Waals surface area (Å²) in [5.41, 5.74) is 6.96. The van der Waals surface area contributed by atoms with Crippen LogP contribution in [0.2, 0.25) is 0 Å². The van der Waals surface area contributed by atoms with Crippen molar-refractivity contribution in [2.45, 2.75) is 4.90 Å². The number of nitrogens with two attached hydrogens (primary N) is 1. The molecule has 5 heteroatoms. The summed E-state index contributed by atoms with van der Waals surface area (Å²) in [6.07, 6.45) is 0. The van der Waals surface area contributed by atoms with Gasteiger partial charge in [0.25, 0.3) is 10.1 Å². The molecule has 88 valence electrons. The van der Waals surface area contributed by atoms with Crippen LogP contribution in [0.5, 0.6) is 0 Å². The third-order valence-electron chi connectivity index (χ3n) is 2.37. The third kappa shape index (κ3) is 2.46. The van der Waals surface area contributed by atoms with E-state index in [0.717, 1.165) is 0 Å². The Balaban J connectivity index is 2.71. The van der Waals surface area contributed by atoms with E-state index in [2.05, 4.69) is 0 Å². The Morgan fingerprint density at radius 3 is 2.24 bits per heavy atom. The maximum Gasteiger partial charge on any atom is 0.295 e. The number of hydrogen-bond donors (Lipinski definition) is 2. The van der Waals surface area contributed by atoms with Gasteiger partial charge < -0.3 is 5.73 Å². The van der Waals surface area contributed by atoms with Crippen LogP contribution >= 0.6 is 0 Å². The van der Waals surface area contributed by atoms with E-state index in [1.165, 1.54) is 6.07 Å². The highest BCUT2D eigenvalue weighted by Crippen LogP contribution is 2.28. The minimum Gasteiger partial charge on any atom is -0.399 e. The number of rotatable bonds is 2. The number of anilines is 1.